The smallest absolute Gasteiger partial charge is 0.387 e. The average Bonchev–Trinajstić information content (AvgIpc) is 2.29. The van der Waals surface area contributed by atoms with E-state index in [9.17, 15) is 13.6 Å². The van der Waals surface area contributed by atoms with Crippen molar-refractivity contribution in [1.29, 1.82) is 0 Å². The second-order valence-corrected chi connectivity index (χ2v) is 3.48. The van der Waals surface area contributed by atoms with Crippen LogP contribution >= 0.6 is 11.6 Å². The fourth-order valence-electron chi connectivity index (χ4n) is 1.27. The van der Waals surface area contributed by atoms with Gasteiger partial charge in [-0.25, -0.2) is 0 Å². The molecule has 0 aliphatic rings. The molecule has 0 atom stereocenters. The van der Waals surface area contributed by atoms with Gasteiger partial charge in [-0.3, -0.25) is 4.79 Å². The van der Waals surface area contributed by atoms with E-state index < -0.39 is 6.61 Å². The second kappa shape index (κ2) is 6.39. The first-order chi connectivity index (χ1) is 8.08. The van der Waals surface area contributed by atoms with Crippen LogP contribution in [-0.2, 0) is 0 Å². The molecule has 6 heteroatoms. The summed E-state index contributed by atoms with van der Waals surface area (Å²) < 4.78 is 33.5. The molecule has 0 N–H and O–H groups in total. The molecule has 3 nitrogen and oxygen atoms in total. The number of halogens is 3. The van der Waals surface area contributed by atoms with Crippen molar-refractivity contribution in [2.24, 2.45) is 0 Å². The number of hydrogen-bond donors (Lipinski definition) is 0. The lowest BCUT2D eigenvalue weighted by Crippen LogP contribution is -2.08. The highest BCUT2D eigenvalue weighted by Crippen LogP contribution is 2.26. The van der Waals surface area contributed by atoms with Gasteiger partial charge >= 0.3 is 6.61 Å². The van der Waals surface area contributed by atoms with Crippen LogP contribution in [-0.4, -0.2) is 25.4 Å². The third kappa shape index (κ3) is 3.85. The van der Waals surface area contributed by atoms with Crippen molar-refractivity contribution in [3.8, 4) is 11.5 Å². The van der Waals surface area contributed by atoms with Gasteiger partial charge in [-0.1, -0.05) is 0 Å². The van der Waals surface area contributed by atoms with Crippen molar-refractivity contribution >= 4 is 17.4 Å². The number of benzene rings is 1. The van der Waals surface area contributed by atoms with E-state index in [1.54, 1.807) is 0 Å². The number of methoxy groups -OCH3 is 1. The Kier molecular flexibility index (Phi) is 5.15. The van der Waals surface area contributed by atoms with E-state index >= 15 is 0 Å². The predicted octanol–water partition coefficient (Wildman–Crippen LogP) is 3.11. The van der Waals surface area contributed by atoms with Crippen molar-refractivity contribution in [2.45, 2.75) is 13.0 Å². The first-order valence-electron chi connectivity index (χ1n) is 4.80. The number of ketones is 1. The van der Waals surface area contributed by atoms with Crippen LogP contribution in [0.3, 0.4) is 0 Å². The van der Waals surface area contributed by atoms with Crippen LogP contribution in [0.15, 0.2) is 18.2 Å². The van der Waals surface area contributed by atoms with Gasteiger partial charge in [0.25, 0.3) is 0 Å². The van der Waals surface area contributed by atoms with Gasteiger partial charge in [0, 0.05) is 12.3 Å². The third-order valence-corrected chi connectivity index (χ3v) is 2.21. The first-order valence-corrected chi connectivity index (χ1v) is 5.34. The fraction of sp³-hybridized carbons (Fsp3) is 0.364. The molecule has 0 aliphatic carbocycles. The molecule has 0 radical (unpaired) electrons. The molecule has 0 bridgehead atoms. The van der Waals surface area contributed by atoms with Gasteiger partial charge in [0.15, 0.2) is 5.78 Å². The molecule has 0 amide bonds. The Labute approximate surface area is 102 Å². The normalized spacial score (nSPS) is 10.4. The van der Waals surface area contributed by atoms with E-state index in [2.05, 4.69) is 4.74 Å². The summed E-state index contributed by atoms with van der Waals surface area (Å²) in [6, 6.07) is 4.06. The van der Waals surface area contributed by atoms with Crippen LogP contribution in [0.5, 0.6) is 11.5 Å². The van der Waals surface area contributed by atoms with Crippen LogP contribution in [0.2, 0.25) is 0 Å². The summed E-state index contributed by atoms with van der Waals surface area (Å²) in [4.78, 5) is 11.7. The maximum atomic E-state index is 12.1. The summed E-state index contributed by atoms with van der Waals surface area (Å²) in [6.45, 7) is -2.98. The van der Waals surface area contributed by atoms with Crippen molar-refractivity contribution in [1.82, 2.24) is 0 Å². The molecule has 0 aliphatic heterocycles. The van der Waals surface area contributed by atoms with E-state index in [4.69, 9.17) is 16.3 Å². The van der Waals surface area contributed by atoms with E-state index in [0.717, 1.165) is 0 Å². The zero-order valence-corrected chi connectivity index (χ0v) is 9.84. The minimum absolute atomic E-state index is 0.0466. The molecule has 94 valence electrons. The maximum Gasteiger partial charge on any atom is 0.387 e. The highest BCUT2D eigenvalue weighted by molar-refractivity contribution is 6.19. The van der Waals surface area contributed by atoms with Gasteiger partial charge in [-0.2, -0.15) is 8.78 Å². The largest absolute Gasteiger partial charge is 0.497 e. The van der Waals surface area contributed by atoms with Gasteiger partial charge < -0.3 is 9.47 Å². The number of carbonyl (C=O) groups is 1. The predicted molar refractivity (Wildman–Crippen MR) is 59.3 cm³/mol. The highest BCUT2D eigenvalue weighted by atomic mass is 35.5. The maximum absolute atomic E-state index is 12.1. The molecule has 1 aromatic carbocycles. The van der Waals surface area contributed by atoms with Gasteiger partial charge in [0.2, 0.25) is 0 Å². The number of ether oxygens (including phenoxy) is 2. The van der Waals surface area contributed by atoms with E-state index in [-0.39, 0.29) is 29.4 Å². The monoisotopic (exact) mass is 264 g/mol. The minimum atomic E-state index is -2.98. The zero-order valence-electron chi connectivity index (χ0n) is 9.08. The topological polar surface area (TPSA) is 35.5 Å². The SMILES string of the molecule is COc1ccc(OC(F)F)c(C(=O)CCCl)c1. The van der Waals surface area contributed by atoms with Crippen molar-refractivity contribution < 1.29 is 23.0 Å². The minimum Gasteiger partial charge on any atom is -0.497 e. The molecule has 1 aromatic rings. The Balaban J connectivity index is 3.06. The van der Waals surface area contributed by atoms with Gasteiger partial charge in [0.1, 0.15) is 11.5 Å². The van der Waals surface area contributed by atoms with Gasteiger partial charge in [-0.15, -0.1) is 11.6 Å². The van der Waals surface area contributed by atoms with Crippen molar-refractivity contribution in [3.63, 3.8) is 0 Å². The second-order valence-electron chi connectivity index (χ2n) is 3.10. The van der Waals surface area contributed by atoms with Crippen molar-refractivity contribution in [2.75, 3.05) is 13.0 Å². The molecule has 1 rings (SSSR count). The summed E-state index contributed by atoms with van der Waals surface area (Å²) in [5.74, 6) is -0.0283. The first kappa shape index (κ1) is 13.7. The standard InChI is InChI=1S/C11H11ClF2O3/c1-16-7-2-3-10(17-11(13)14)8(6-7)9(15)4-5-12/h2-3,6,11H,4-5H2,1H3. The molecule has 0 fully saturated rings. The molecule has 0 heterocycles. The fourth-order valence-corrected chi connectivity index (χ4v) is 1.44. The number of hydrogen-bond acceptors (Lipinski definition) is 3. The molecule has 0 saturated heterocycles. The molecule has 0 spiro atoms. The zero-order chi connectivity index (χ0) is 12.8. The number of carbonyl (C=O) groups excluding carboxylic acids is 1. The Morgan fingerprint density at radius 3 is 2.71 bits per heavy atom. The third-order valence-electron chi connectivity index (χ3n) is 2.02. The Morgan fingerprint density at radius 2 is 2.18 bits per heavy atom. The number of Topliss-reactive ketones (excluding diaryl/α,β-unsaturated/α-hetero) is 1. The molecular weight excluding hydrogens is 254 g/mol. The van der Waals surface area contributed by atoms with Gasteiger partial charge in [0.05, 0.1) is 12.7 Å². The average molecular weight is 265 g/mol. The lowest BCUT2D eigenvalue weighted by atomic mass is 10.1. The van der Waals surface area contributed by atoms with E-state index in [0.29, 0.717) is 5.75 Å². The molecular formula is C11H11ClF2O3. The lowest BCUT2D eigenvalue weighted by molar-refractivity contribution is -0.0501. The summed E-state index contributed by atoms with van der Waals surface area (Å²) in [5.41, 5.74) is 0.0466. The number of alkyl halides is 3. The van der Waals surface area contributed by atoms with Crippen molar-refractivity contribution in [3.05, 3.63) is 23.8 Å². The van der Waals surface area contributed by atoms with Crippen LogP contribution in [0.25, 0.3) is 0 Å². The number of rotatable bonds is 6. The molecule has 0 aromatic heterocycles. The molecule has 0 saturated carbocycles. The molecule has 0 unspecified atom stereocenters. The van der Waals surface area contributed by atoms with Crippen LogP contribution in [0.1, 0.15) is 16.8 Å². The summed E-state index contributed by atoms with van der Waals surface area (Å²) in [6.07, 6.45) is 0.0499. The molecule has 17 heavy (non-hydrogen) atoms. The summed E-state index contributed by atoms with van der Waals surface area (Å²) in [7, 11) is 1.42. The van der Waals surface area contributed by atoms with E-state index in [1.807, 2.05) is 0 Å². The Hall–Kier alpha value is -1.36. The quantitative estimate of drug-likeness (QED) is 0.585. The summed E-state index contributed by atoms with van der Waals surface area (Å²) in [5, 5.41) is 0. The van der Waals surface area contributed by atoms with Gasteiger partial charge in [-0.05, 0) is 18.2 Å². The van der Waals surface area contributed by atoms with Crippen LogP contribution < -0.4 is 9.47 Å². The summed E-state index contributed by atoms with van der Waals surface area (Å²) >= 11 is 5.44. The Morgan fingerprint density at radius 1 is 1.47 bits per heavy atom. The van der Waals surface area contributed by atoms with Crippen LogP contribution in [0, 0.1) is 0 Å². The van der Waals surface area contributed by atoms with E-state index in [1.165, 1.54) is 25.3 Å². The lowest BCUT2D eigenvalue weighted by Gasteiger charge is -2.11. The van der Waals surface area contributed by atoms with Crippen LogP contribution in [0.4, 0.5) is 8.78 Å². The highest BCUT2D eigenvalue weighted by Gasteiger charge is 2.16. The Bertz CT molecular complexity index is 396.